The van der Waals surface area contributed by atoms with Crippen molar-refractivity contribution in [2.75, 3.05) is 5.75 Å². The second-order valence-electron chi connectivity index (χ2n) is 5.02. The van der Waals surface area contributed by atoms with Gasteiger partial charge in [-0.1, -0.05) is 18.2 Å². The summed E-state index contributed by atoms with van der Waals surface area (Å²) in [7, 11) is 0. The summed E-state index contributed by atoms with van der Waals surface area (Å²) in [5, 5.41) is 0. The zero-order chi connectivity index (χ0) is 13.9. The standard InChI is InChI=1S/C17H18N2S/c1-13-10-16-17(11-14(13)2)19(12-18-16)8-9-20-15-6-4-3-5-7-15/h3-7,10-12H,8-9H2,1-2H3. The lowest BCUT2D eigenvalue weighted by Gasteiger charge is -2.06. The van der Waals surface area contributed by atoms with Crippen molar-refractivity contribution < 1.29 is 0 Å². The summed E-state index contributed by atoms with van der Waals surface area (Å²) in [6, 6.07) is 14.9. The molecule has 1 aromatic heterocycles. The van der Waals surface area contributed by atoms with E-state index in [9.17, 15) is 0 Å². The highest BCUT2D eigenvalue weighted by Crippen LogP contribution is 2.21. The monoisotopic (exact) mass is 282 g/mol. The third kappa shape index (κ3) is 2.73. The maximum absolute atomic E-state index is 4.50. The molecule has 0 radical (unpaired) electrons. The maximum atomic E-state index is 4.50. The second-order valence-corrected chi connectivity index (χ2v) is 6.19. The Balaban J connectivity index is 1.73. The van der Waals surface area contributed by atoms with Crippen LogP contribution in [0.25, 0.3) is 11.0 Å². The van der Waals surface area contributed by atoms with Gasteiger partial charge in [-0.2, -0.15) is 0 Å². The molecule has 0 fully saturated rings. The lowest BCUT2D eigenvalue weighted by molar-refractivity contribution is 0.796. The van der Waals surface area contributed by atoms with Crippen LogP contribution in [0.5, 0.6) is 0 Å². The highest BCUT2D eigenvalue weighted by Gasteiger charge is 2.05. The fourth-order valence-corrected chi connectivity index (χ4v) is 3.14. The van der Waals surface area contributed by atoms with E-state index in [-0.39, 0.29) is 0 Å². The van der Waals surface area contributed by atoms with E-state index in [1.165, 1.54) is 21.5 Å². The third-order valence-corrected chi connectivity index (χ3v) is 4.57. The van der Waals surface area contributed by atoms with Crippen LogP contribution in [0.2, 0.25) is 0 Å². The molecule has 0 unspecified atom stereocenters. The molecular weight excluding hydrogens is 264 g/mol. The summed E-state index contributed by atoms with van der Waals surface area (Å²) in [5.41, 5.74) is 4.97. The van der Waals surface area contributed by atoms with Gasteiger partial charge in [0.25, 0.3) is 0 Å². The van der Waals surface area contributed by atoms with Crippen LogP contribution in [0.15, 0.2) is 53.7 Å². The van der Waals surface area contributed by atoms with Gasteiger partial charge in [0.2, 0.25) is 0 Å². The minimum atomic E-state index is 0.985. The molecule has 0 spiro atoms. The van der Waals surface area contributed by atoms with Crippen LogP contribution in [0.3, 0.4) is 0 Å². The van der Waals surface area contributed by atoms with Gasteiger partial charge in [-0.25, -0.2) is 4.98 Å². The fourth-order valence-electron chi connectivity index (χ4n) is 2.27. The minimum absolute atomic E-state index is 0.985. The van der Waals surface area contributed by atoms with Crippen molar-refractivity contribution in [1.29, 1.82) is 0 Å². The molecule has 0 atom stereocenters. The zero-order valence-electron chi connectivity index (χ0n) is 11.8. The molecule has 0 aliphatic heterocycles. The van der Waals surface area contributed by atoms with Gasteiger partial charge < -0.3 is 4.57 Å². The summed E-state index contributed by atoms with van der Waals surface area (Å²) >= 11 is 1.89. The molecule has 3 aromatic rings. The summed E-state index contributed by atoms with van der Waals surface area (Å²) in [5.74, 6) is 1.06. The van der Waals surface area contributed by atoms with Gasteiger partial charge >= 0.3 is 0 Å². The Morgan fingerprint density at radius 3 is 2.60 bits per heavy atom. The molecule has 0 aliphatic carbocycles. The number of aromatic nitrogens is 2. The first-order chi connectivity index (χ1) is 9.74. The molecule has 0 bridgehead atoms. The van der Waals surface area contributed by atoms with Crippen LogP contribution in [-0.4, -0.2) is 15.3 Å². The van der Waals surface area contributed by atoms with E-state index in [4.69, 9.17) is 0 Å². The number of benzene rings is 2. The van der Waals surface area contributed by atoms with Gasteiger partial charge in [0.05, 0.1) is 17.4 Å². The SMILES string of the molecule is Cc1cc2ncn(CCSc3ccccc3)c2cc1C. The first kappa shape index (κ1) is 13.3. The molecule has 0 saturated heterocycles. The van der Waals surface area contributed by atoms with Crippen LogP contribution in [0.4, 0.5) is 0 Å². The van der Waals surface area contributed by atoms with Crippen molar-refractivity contribution in [2.24, 2.45) is 0 Å². The molecule has 102 valence electrons. The average Bonchev–Trinajstić information content (AvgIpc) is 2.83. The van der Waals surface area contributed by atoms with Crippen molar-refractivity contribution in [3.05, 3.63) is 59.9 Å². The Morgan fingerprint density at radius 1 is 1.05 bits per heavy atom. The number of fused-ring (bicyclic) bond motifs is 1. The van der Waals surface area contributed by atoms with Crippen molar-refractivity contribution in [3.63, 3.8) is 0 Å². The van der Waals surface area contributed by atoms with E-state index >= 15 is 0 Å². The van der Waals surface area contributed by atoms with Gasteiger partial charge in [-0.05, 0) is 49.2 Å². The number of hydrogen-bond donors (Lipinski definition) is 0. The van der Waals surface area contributed by atoms with Gasteiger partial charge in [0, 0.05) is 17.2 Å². The first-order valence-corrected chi connectivity index (χ1v) is 7.82. The Morgan fingerprint density at radius 2 is 1.80 bits per heavy atom. The predicted molar refractivity (Wildman–Crippen MR) is 86.4 cm³/mol. The molecule has 1 heterocycles. The number of thioether (sulfide) groups is 1. The molecule has 3 rings (SSSR count). The van der Waals surface area contributed by atoms with Crippen molar-refractivity contribution >= 4 is 22.8 Å². The molecule has 0 N–H and O–H groups in total. The second kappa shape index (κ2) is 5.71. The molecule has 3 heteroatoms. The Bertz CT molecular complexity index is 716. The topological polar surface area (TPSA) is 17.8 Å². The van der Waals surface area contributed by atoms with Gasteiger partial charge in [0.1, 0.15) is 0 Å². The Kier molecular flexibility index (Phi) is 3.79. The number of nitrogens with zero attached hydrogens (tertiary/aromatic N) is 2. The van der Waals surface area contributed by atoms with Gasteiger partial charge in [-0.15, -0.1) is 11.8 Å². The highest BCUT2D eigenvalue weighted by molar-refractivity contribution is 7.99. The highest BCUT2D eigenvalue weighted by atomic mass is 32.2. The number of rotatable bonds is 4. The number of imidazole rings is 1. The van der Waals surface area contributed by atoms with Crippen LogP contribution in [0, 0.1) is 13.8 Å². The van der Waals surface area contributed by atoms with Crippen molar-refractivity contribution in [2.45, 2.75) is 25.3 Å². The molecule has 0 amide bonds. The molecule has 20 heavy (non-hydrogen) atoms. The van der Waals surface area contributed by atoms with Crippen LogP contribution >= 0.6 is 11.8 Å². The van der Waals surface area contributed by atoms with E-state index in [0.717, 1.165) is 17.8 Å². The van der Waals surface area contributed by atoms with Crippen molar-refractivity contribution in [1.82, 2.24) is 9.55 Å². The smallest absolute Gasteiger partial charge is 0.0958 e. The van der Waals surface area contributed by atoms with E-state index in [1.54, 1.807) is 0 Å². The van der Waals surface area contributed by atoms with Gasteiger partial charge in [0.15, 0.2) is 0 Å². The summed E-state index contributed by atoms with van der Waals surface area (Å²) in [6.07, 6.45) is 1.95. The minimum Gasteiger partial charge on any atom is -0.330 e. The maximum Gasteiger partial charge on any atom is 0.0958 e. The summed E-state index contributed by atoms with van der Waals surface area (Å²) < 4.78 is 2.25. The molecule has 0 saturated carbocycles. The summed E-state index contributed by atoms with van der Waals surface area (Å²) in [6.45, 7) is 5.28. The Labute approximate surface area is 123 Å². The predicted octanol–water partition coefficient (Wildman–Crippen LogP) is 4.45. The van der Waals surface area contributed by atoms with E-state index in [0.29, 0.717) is 0 Å². The van der Waals surface area contributed by atoms with E-state index in [1.807, 2.05) is 18.1 Å². The molecular formula is C17H18N2S. The van der Waals surface area contributed by atoms with Crippen molar-refractivity contribution in [3.8, 4) is 0 Å². The lowest BCUT2D eigenvalue weighted by Crippen LogP contribution is -1.99. The lowest BCUT2D eigenvalue weighted by atomic mass is 10.1. The first-order valence-electron chi connectivity index (χ1n) is 6.84. The molecule has 0 aliphatic rings. The number of hydrogen-bond acceptors (Lipinski definition) is 2. The van der Waals surface area contributed by atoms with E-state index in [2.05, 4.69) is 65.9 Å². The summed E-state index contributed by atoms with van der Waals surface area (Å²) in [4.78, 5) is 5.82. The quantitative estimate of drug-likeness (QED) is 0.658. The van der Waals surface area contributed by atoms with Gasteiger partial charge in [-0.3, -0.25) is 0 Å². The molecule has 2 nitrogen and oxygen atoms in total. The zero-order valence-corrected chi connectivity index (χ0v) is 12.7. The Hall–Kier alpha value is -1.74. The van der Waals surface area contributed by atoms with Crippen LogP contribution < -0.4 is 0 Å². The fraction of sp³-hybridized carbons (Fsp3) is 0.235. The van der Waals surface area contributed by atoms with Crippen LogP contribution in [0.1, 0.15) is 11.1 Å². The van der Waals surface area contributed by atoms with E-state index < -0.39 is 0 Å². The number of aryl methyl sites for hydroxylation is 3. The van der Waals surface area contributed by atoms with Crippen LogP contribution in [-0.2, 0) is 6.54 Å². The molecule has 2 aromatic carbocycles. The third-order valence-electron chi connectivity index (χ3n) is 3.58. The largest absolute Gasteiger partial charge is 0.330 e. The normalized spacial score (nSPS) is 11.1. The average molecular weight is 282 g/mol.